The van der Waals surface area contributed by atoms with E-state index >= 15 is 0 Å². The van der Waals surface area contributed by atoms with Crippen molar-refractivity contribution in [1.82, 2.24) is 0 Å². The van der Waals surface area contributed by atoms with Crippen LogP contribution in [0.5, 0.6) is 0 Å². The van der Waals surface area contributed by atoms with Gasteiger partial charge in [0.05, 0.1) is 5.54 Å². The van der Waals surface area contributed by atoms with E-state index in [1.165, 1.54) is 0 Å². The minimum atomic E-state index is -0.676. The van der Waals surface area contributed by atoms with Crippen LogP contribution in [0.3, 0.4) is 0 Å². The third-order valence-electron chi connectivity index (χ3n) is 0.635. The molecule has 0 saturated carbocycles. The normalized spacial score (nSPS) is 11.4. The average Bonchev–Trinajstić information content (AvgIpc) is 1.31. The maximum absolute atomic E-state index is 10.3. The molecule has 0 aromatic heterocycles. The van der Waals surface area contributed by atoms with E-state index in [-0.39, 0.29) is 5.52 Å². The van der Waals surface area contributed by atoms with Crippen molar-refractivity contribution in [2.45, 2.75) is 19.4 Å². The molecule has 0 heterocycles. The van der Waals surface area contributed by atoms with E-state index in [1.807, 2.05) is 9.24 Å². The second kappa shape index (κ2) is 1.89. The van der Waals surface area contributed by atoms with Crippen LogP contribution in [0, 0.1) is 0 Å². The monoisotopic (exact) mass is 119 g/mol. The summed E-state index contributed by atoms with van der Waals surface area (Å²) in [6.45, 7) is 3.34. The molecule has 1 unspecified atom stereocenters. The Morgan fingerprint density at radius 2 is 1.86 bits per heavy atom. The highest BCUT2D eigenvalue weighted by Gasteiger charge is 2.15. The first-order chi connectivity index (χ1) is 2.94. The van der Waals surface area contributed by atoms with Crippen LogP contribution >= 0.6 is 9.24 Å². The first kappa shape index (κ1) is 7.06. The molecule has 0 aliphatic rings. The Bertz CT molecular complexity index is 84.2. The molecule has 0 aromatic carbocycles. The van der Waals surface area contributed by atoms with Crippen LogP contribution in [0.15, 0.2) is 0 Å². The van der Waals surface area contributed by atoms with Gasteiger partial charge in [0.2, 0.25) is 0 Å². The molecule has 0 bridgehead atoms. The summed E-state index contributed by atoms with van der Waals surface area (Å²) in [6.07, 6.45) is 0. The summed E-state index contributed by atoms with van der Waals surface area (Å²) in [5, 5.41) is 0. The van der Waals surface area contributed by atoms with Crippen LogP contribution in [-0.4, -0.2) is 11.1 Å². The van der Waals surface area contributed by atoms with Crippen molar-refractivity contribution in [3.63, 3.8) is 0 Å². The lowest BCUT2D eigenvalue weighted by Gasteiger charge is -2.11. The fourth-order valence-electron chi connectivity index (χ4n) is 0. The molecule has 42 valence electrons. The van der Waals surface area contributed by atoms with Crippen molar-refractivity contribution < 1.29 is 4.79 Å². The highest BCUT2D eigenvalue weighted by atomic mass is 31.0. The summed E-state index contributed by atoms with van der Waals surface area (Å²) in [5.74, 6) is 0. The van der Waals surface area contributed by atoms with Gasteiger partial charge in [-0.2, -0.15) is 0 Å². The fourth-order valence-corrected chi connectivity index (χ4v) is 0. The van der Waals surface area contributed by atoms with Gasteiger partial charge in [0, 0.05) is 0 Å². The molecule has 0 saturated heterocycles. The minimum absolute atomic E-state index is 0.0625. The quantitative estimate of drug-likeness (QED) is 0.498. The summed E-state index contributed by atoms with van der Waals surface area (Å²) >= 11 is 0. The molecule has 0 radical (unpaired) electrons. The average molecular weight is 119 g/mol. The van der Waals surface area contributed by atoms with E-state index in [0.717, 1.165) is 0 Å². The smallest absolute Gasteiger partial charge is 0.167 e. The maximum Gasteiger partial charge on any atom is 0.167 e. The molecule has 0 aliphatic carbocycles. The van der Waals surface area contributed by atoms with E-state index in [9.17, 15) is 4.79 Å². The van der Waals surface area contributed by atoms with Crippen molar-refractivity contribution in [2.75, 3.05) is 0 Å². The number of rotatable bonds is 1. The van der Waals surface area contributed by atoms with Crippen LogP contribution in [0.4, 0.5) is 0 Å². The molecule has 2 nitrogen and oxygen atoms in total. The molecular formula is C4H10NOP. The van der Waals surface area contributed by atoms with Gasteiger partial charge in [-0.25, -0.2) is 0 Å². The van der Waals surface area contributed by atoms with E-state index in [1.54, 1.807) is 13.8 Å². The zero-order valence-corrected chi connectivity index (χ0v) is 5.72. The van der Waals surface area contributed by atoms with Crippen molar-refractivity contribution in [3.8, 4) is 0 Å². The molecule has 0 aromatic rings. The van der Waals surface area contributed by atoms with Gasteiger partial charge in [-0.15, -0.1) is 0 Å². The summed E-state index contributed by atoms with van der Waals surface area (Å²) in [5.41, 5.74) is 4.57. The summed E-state index contributed by atoms with van der Waals surface area (Å²) in [6, 6.07) is 0. The highest BCUT2D eigenvalue weighted by molar-refractivity contribution is 7.40. The minimum Gasteiger partial charge on any atom is -0.319 e. The predicted molar refractivity (Wildman–Crippen MR) is 33.0 cm³/mol. The number of hydrogen-bond donors (Lipinski definition) is 1. The lowest BCUT2D eigenvalue weighted by atomic mass is 10.1. The number of hydrogen-bond acceptors (Lipinski definition) is 2. The zero-order valence-electron chi connectivity index (χ0n) is 4.56. The Hall–Kier alpha value is 0.0600. The van der Waals surface area contributed by atoms with Crippen LogP contribution in [0.25, 0.3) is 0 Å². The maximum atomic E-state index is 10.3. The molecule has 2 N–H and O–H groups in total. The van der Waals surface area contributed by atoms with Gasteiger partial charge in [-0.05, 0) is 13.8 Å². The zero-order chi connectivity index (χ0) is 6.08. The predicted octanol–water partition coefficient (Wildman–Crippen LogP) is 0.125. The molecule has 0 aliphatic heterocycles. The van der Waals surface area contributed by atoms with Crippen LogP contribution < -0.4 is 5.73 Å². The van der Waals surface area contributed by atoms with Crippen molar-refractivity contribution in [2.24, 2.45) is 5.73 Å². The number of carbonyl (C=O) groups excluding carboxylic acids is 1. The fraction of sp³-hybridized carbons (Fsp3) is 0.750. The lowest BCUT2D eigenvalue weighted by molar-refractivity contribution is -0.114. The standard InChI is InChI=1S/C4H10NOP/c1-4(2,5)3(6)7/h5,7H2,1-2H3. The van der Waals surface area contributed by atoms with Gasteiger partial charge in [0.1, 0.15) is 0 Å². The molecule has 7 heavy (non-hydrogen) atoms. The van der Waals surface area contributed by atoms with E-state index in [2.05, 4.69) is 0 Å². The van der Waals surface area contributed by atoms with Gasteiger partial charge in [0.15, 0.2) is 5.52 Å². The molecule has 3 heteroatoms. The van der Waals surface area contributed by atoms with Crippen molar-refractivity contribution in [3.05, 3.63) is 0 Å². The molecular weight excluding hydrogens is 109 g/mol. The van der Waals surface area contributed by atoms with E-state index in [0.29, 0.717) is 0 Å². The Morgan fingerprint density at radius 3 is 1.86 bits per heavy atom. The molecule has 0 spiro atoms. The molecule has 1 atom stereocenters. The number of carbonyl (C=O) groups is 1. The van der Waals surface area contributed by atoms with Crippen molar-refractivity contribution in [1.29, 1.82) is 0 Å². The second-order valence-corrected chi connectivity index (χ2v) is 2.61. The van der Waals surface area contributed by atoms with Gasteiger partial charge >= 0.3 is 0 Å². The Kier molecular flexibility index (Phi) is 1.91. The largest absolute Gasteiger partial charge is 0.319 e. The van der Waals surface area contributed by atoms with E-state index < -0.39 is 5.54 Å². The SMILES string of the molecule is CC(C)(N)C(=O)P. The molecule has 0 amide bonds. The first-order valence-corrected chi connectivity index (χ1v) is 2.61. The van der Waals surface area contributed by atoms with Gasteiger partial charge in [-0.1, -0.05) is 9.24 Å². The Labute approximate surface area is 45.7 Å². The second-order valence-electron chi connectivity index (χ2n) is 2.09. The van der Waals surface area contributed by atoms with Gasteiger partial charge in [-0.3, -0.25) is 4.79 Å². The summed E-state index contributed by atoms with van der Waals surface area (Å²) in [7, 11) is 2.04. The van der Waals surface area contributed by atoms with Crippen molar-refractivity contribution >= 4 is 14.8 Å². The highest BCUT2D eigenvalue weighted by Crippen LogP contribution is 2.02. The van der Waals surface area contributed by atoms with Crippen LogP contribution in [-0.2, 0) is 4.79 Å². The van der Waals surface area contributed by atoms with Gasteiger partial charge in [0.25, 0.3) is 0 Å². The summed E-state index contributed by atoms with van der Waals surface area (Å²) in [4.78, 5) is 10.3. The lowest BCUT2D eigenvalue weighted by Crippen LogP contribution is -2.37. The third kappa shape index (κ3) is 2.72. The van der Waals surface area contributed by atoms with Gasteiger partial charge < -0.3 is 5.73 Å². The topological polar surface area (TPSA) is 43.1 Å². The Morgan fingerprint density at radius 1 is 1.71 bits per heavy atom. The Balaban J connectivity index is 3.79. The first-order valence-electron chi connectivity index (χ1n) is 2.03. The summed E-state index contributed by atoms with van der Waals surface area (Å²) < 4.78 is 0. The van der Waals surface area contributed by atoms with Crippen LogP contribution in [0.2, 0.25) is 0 Å². The number of nitrogens with two attached hydrogens (primary N) is 1. The van der Waals surface area contributed by atoms with Crippen LogP contribution in [0.1, 0.15) is 13.8 Å². The molecule has 0 rings (SSSR count). The molecule has 0 fully saturated rings. The van der Waals surface area contributed by atoms with E-state index in [4.69, 9.17) is 5.73 Å². The third-order valence-corrected chi connectivity index (χ3v) is 1.38.